The maximum Gasteiger partial charge on any atom is 0.212 e. The molecule has 1 aromatic heterocycles. The maximum absolute atomic E-state index is 5.40. The molecule has 0 saturated carbocycles. The average Bonchev–Trinajstić information content (AvgIpc) is 2.05. The minimum atomic E-state index is -0.464. The van der Waals surface area contributed by atoms with Crippen LogP contribution < -0.4 is 16.2 Å². The zero-order chi connectivity index (χ0) is 8.27. The molecule has 0 saturated heterocycles. The lowest BCUT2D eigenvalue weighted by Crippen LogP contribution is -2.19. The van der Waals surface area contributed by atoms with Crippen molar-refractivity contribution in [2.45, 2.75) is 6.17 Å². The van der Waals surface area contributed by atoms with Gasteiger partial charge in [0.1, 0.15) is 0 Å². The molecule has 0 radical (unpaired) electrons. The molecule has 0 bridgehead atoms. The van der Waals surface area contributed by atoms with Crippen LogP contribution in [0.3, 0.4) is 0 Å². The van der Waals surface area contributed by atoms with Crippen molar-refractivity contribution >= 4 is 0 Å². The van der Waals surface area contributed by atoms with Gasteiger partial charge in [-0.15, -0.1) is 0 Å². The van der Waals surface area contributed by atoms with Crippen molar-refractivity contribution in [3.8, 4) is 5.88 Å². The Morgan fingerprint density at radius 2 is 2.18 bits per heavy atom. The van der Waals surface area contributed by atoms with Gasteiger partial charge in [-0.1, -0.05) is 0 Å². The van der Waals surface area contributed by atoms with Gasteiger partial charge >= 0.3 is 0 Å². The third kappa shape index (κ3) is 1.89. The highest BCUT2D eigenvalue weighted by Gasteiger charge is 1.99. The van der Waals surface area contributed by atoms with Gasteiger partial charge in [0.25, 0.3) is 0 Å². The number of nitrogens with two attached hydrogens (primary N) is 2. The molecule has 1 heterocycles. The number of methoxy groups -OCH3 is 1. The van der Waals surface area contributed by atoms with Crippen molar-refractivity contribution in [2.75, 3.05) is 7.11 Å². The Balaban J connectivity index is 2.83. The van der Waals surface area contributed by atoms with E-state index in [2.05, 4.69) is 4.98 Å². The number of ether oxygens (including phenoxy) is 1. The van der Waals surface area contributed by atoms with Crippen molar-refractivity contribution in [2.24, 2.45) is 11.5 Å². The second-order valence-electron chi connectivity index (χ2n) is 2.16. The Labute approximate surface area is 65.2 Å². The Morgan fingerprint density at radius 3 is 2.55 bits per heavy atom. The minimum absolute atomic E-state index is 0.464. The molecule has 0 unspecified atom stereocenters. The molecular weight excluding hydrogens is 142 g/mol. The quantitative estimate of drug-likeness (QED) is 0.587. The van der Waals surface area contributed by atoms with E-state index in [4.69, 9.17) is 16.2 Å². The summed E-state index contributed by atoms with van der Waals surface area (Å²) in [5.41, 5.74) is 11.6. The lowest BCUT2D eigenvalue weighted by Gasteiger charge is -2.04. The summed E-state index contributed by atoms with van der Waals surface area (Å²) < 4.78 is 4.86. The van der Waals surface area contributed by atoms with Crippen LogP contribution in [-0.2, 0) is 0 Å². The van der Waals surface area contributed by atoms with Crippen LogP contribution in [0.15, 0.2) is 18.3 Å². The molecule has 0 amide bonds. The predicted molar refractivity (Wildman–Crippen MR) is 41.9 cm³/mol. The first-order chi connectivity index (χ1) is 5.24. The monoisotopic (exact) mass is 153 g/mol. The fraction of sp³-hybridized carbons (Fsp3) is 0.286. The molecule has 1 aromatic rings. The standard InChI is InChI=1S/C7H11N3O/c1-11-6-3-2-5(4-10-6)7(8)9/h2-4,7H,8-9H2,1H3. The van der Waals surface area contributed by atoms with Gasteiger partial charge in [-0.2, -0.15) is 0 Å². The highest BCUT2D eigenvalue weighted by Crippen LogP contribution is 2.08. The Bertz CT molecular complexity index is 220. The van der Waals surface area contributed by atoms with E-state index < -0.39 is 6.17 Å². The second kappa shape index (κ2) is 3.32. The number of nitrogens with zero attached hydrogens (tertiary/aromatic N) is 1. The van der Waals surface area contributed by atoms with Crippen molar-refractivity contribution < 1.29 is 4.74 Å². The number of hydrogen-bond donors (Lipinski definition) is 2. The van der Waals surface area contributed by atoms with E-state index in [0.29, 0.717) is 5.88 Å². The predicted octanol–water partition coefficient (Wildman–Crippen LogP) is 0.00620. The number of pyridine rings is 1. The maximum atomic E-state index is 5.40. The summed E-state index contributed by atoms with van der Waals surface area (Å²) in [5.74, 6) is 0.564. The lowest BCUT2D eigenvalue weighted by molar-refractivity contribution is 0.397. The first kappa shape index (κ1) is 7.97. The summed E-state index contributed by atoms with van der Waals surface area (Å²) in [6.07, 6.45) is 1.14. The van der Waals surface area contributed by atoms with Crippen molar-refractivity contribution in [3.63, 3.8) is 0 Å². The molecule has 4 N–H and O–H groups in total. The van der Waals surface area contributed by atoms with Crippen LogP contribution in [0.1, 0.15) is 11.7 Å². The summed E-state index contributed by atoms with van der Waals surface area (Å²) in [7, 11) is 1.56. The third-order valence-corrected chi connectivity index (χ3v) is 1.35. The SMILES string of the molecule is COc1ccc(C(N)N)cn1. The zero-order valence-electron chi connectivity index (χ0n) is 6.32. The Hall–Kier alpha value is -1.13. The second-order valence-corrected chi connectivity index (χ2v) is 2.16. The van der Waals surface area contributed by atoms with Crippen molar-refractivity contribution in [1.29, 1.82) is 0 Å². The van der Waals surface area contributed by atoms with Gasteiger partial charge < -0.3 is 16.2 Å². The molecule has 0 spiro atoms. The molecule has 0 fully saturated rings. The van der Waals surface area contributed by atoms with E-state index in [-0.39, 0.29) is 0 Å². The van der Waals surface area contributed by atoms with Crippen molar-refractivity contribution in [1.82, 2.24) is 4.98 Å². The molecule has 1 rings (SSSR count). The van der Waals surface area contributed by atoms with Gasteiger partial charge in [-0.25, -0.2) is 4.98 Å². The van der Waals surface area contributed by atoms with Crippen LogP contribution in [0.5, 0.6) is 5.88 Å². The zero-order valence-corrected chi connectivity index (χ0v) is 6.32. The molecule has 0 aromatic carbocycles. The van der Waals surface area contributed by atoms with Gasteiger partial charge in [0, 0.05) is 17.8 Å². The van der Waals surface area contributed by atoms with Crippen LogP contribution in [0.25, 0.3) is 0 Å². The summed E-state index contributed by atoms with van der Waals surface area (Å²) in [5, 5.41) is 0. The largest absolute Gasteiger partial charge is 0.481 e. The van der Waals surface area contributed by atoms with Crippen LogP contribution in [0, 0.1) is 0 Å². The summed E-state index contributed by atoms with van der Waals surface area (Å²) >= 11 is 0. The molecule has 4 heteroatoms. The lowest BCUT2D eigenvalue weighted by atomic mass is 10.2. The van der Waals surface area contributed by atoms with Crippen molar-refractivity contribution in [3.05, 3.63) is 23.9 Å². The molecular formula is C7H11N3O. The summed E-state index contributed by atoms with van der Waals surface area (Å²) in [4.78, 5) is 3.94. The van der Waals surface area contributed by atoms with Gasteiger partial charge in [-0.3, -0.25) is 0 Å². The van der Waals surface area contributed by atoms with E-state index in [1.165, 1.54) is 0 Å². The molecule has 0 aliphatic heterocycles. The molecule has 4 nitrogen and oxygen atoms in total. The van der Waals surface area contributed by atoms with Gasteiger partial charge in [0.2, 0.25) is 5.88 Å². The van der Waals surface area contributed by atoms with Crippen LogP contribution in [-0.4, -0.2) is 12.1 Å². The smallest absolute Gasteiger partial charge is 0.212 e. The molecule has 60 valence electrons. The Kier molecular flexibility index (Phi) is 2.40. The first-order valence-electron chi connectivity index (χ1n) is 3.25. The number of hydrogen-bond acceptors (Lipinski definition) is 4. The van der Waals surface area contributed by atoms with Gasteiger partial charge in [-0.05, 0) is 6.07 Å². The fourth-order valence-corrected chi connectivity index (χ4v) is 0.710. The van der Waals surface area contributed by atoms with E-state index in [1.54, 1.807) is 25.4 Å². The third-order valence-electron chi connectivity index (χ3n) is 1.35. The van der Waals surface area contributed by atoms with Crippen LogP contribution in [0.4, 0.5) is 0 Å². The summed E-state index contributed by atoms with van der Waals surface area (Å²) in [6, 6.07) is 3.51. The minimum Gasteiger partial charge on any atom is -0.481 e. The Morgan fingerprint density at radius 1 is 1.45 bits per heavy atom. The topological polar surface area (TPSA) is 74.2 Å². The molecule has 0 aliphatic carbocycles. The first-order valence-corrected chi connectivity index (χ1v) is 3.25. The molecule has 11 heavy (non-hydrogen) atoms. The van der Waals surface area contributed by atoms with Crippen LogP contribution >= 0.6 is 0 Å². The normalized spacial score (nSPS) is 10.2. The fourth-order valence-electron chi connectivity index (χ4n) is 0.710. The average molecular weight is 153 g/mol. The number of rotatable bonds is 2. The van der Waals surface area contributed by atoms with Gasteiger partial charge in [0.15, 0.2) is 0 Å². The summed E-state index contributed by atoms with van der Waals surface area (Å²) in [6.45, 7) is 0. The van der Waals surface area contributed by atoms with Gasteiger partial charge in [0.05, 0.1) is 13.3 Å². The molecule has 0 aliphatic rings. The van der Waals surface area contributed by atoms with E-state index in [1.807, 2.05) is 0 Å². The molecule has 0 atom stereocenters. The highest BCUT2D eigenvalue weighted by molar-refractivity contribution is 5.19. The number of aromatic nitrogens is 1. The van der Waals surface area contributed by atoms with Crippen LogP contribution in [0.2, 0.25) is 0 Å². The van der Waals surface area contributed by atoms with E-state index in [9.17, 15) is 0 Å². The van der Waals surface area contributed by atoms with E-state index in [0.717, 1.165) is 5.56 Å². The highest BCUT2D eigenvalue weighted by atomic mass is 16.5. The van der Waals surface area contributed by atoms with E-state index >= 15 is 0 Å².